The van der Waals surface area contributed by atoms with Crippen LogP contribution in [0, 0.1) is 5.92 Å². The van der Waals surface area contributed by atoms with E-state index in [1.165, 1.54) is 0 Å². The average molecular weight is 268 g/mol. The fourth-order valence-corrected chi connectivity index (χ4v) is 1.86. The minimum Gasteiger partial charge on any atom is -0.463 e. The molecule has 0 atom stereocenters. The first-order valence-corrected chi connectivity index (χ1v) is 6.48. The molecule has 1 saturated carbocycles. The zero-order valence-electron chi connectivity index (χ0n) is 11.0. The van der Waals surface area contributed by atoms with Gasteiger partial charge in [-0.25, -0.2) is 5.84 Å². The van der Waals surface area contributed by atoms with Crippen LogP contribution in [0.3, 0.4) is 0 Å². The van der Waals surface area contributed by atoms with E-state index in [-0.39, 0.29) is 18.1 Å². The molecule has 2 rings (SSSR count). The lowest BCUT2D eigenvalue weighted by molar-refractivity contribution is 0.0486. The molecule has 8 heteroatoms. The molecular formula is C11H20N6O2. The van der Waals surface area contributed by atoms with E-state index < -0.39 is 0 Å². The van der Waals surface area contributed by atoms with E-state index in [9.17, 15) is 5.11 Å². The molecule has 0 aromatic carbocycles. The van der Waals surface area contributed by atoms with Gasteiger partial charge in [-0.05, 0) is 25.2 Å². The normalized spacial score (nSPS) is 21.6. The van der Waals surface area contributed by atoms with Gasteiger partial charge in [-0.1, -0.05) is 6.92 Å². The first-order chi connectivity index (χ1) is 9.21. The highest BCUT2D eigenvalue weighted by Gasteiger charge is 2.26. The molecule has 1 fully saturated rings. The molecule has 1 aliphatic carbocycles. The van der Waals surface area contributed by atoms with Crippen LogP contribution in [0.15, 0.2) is 0 Å². The number of aliphatic hydroxyl groups excluding tert-OH is 1. The van der Waals surface area contributed by atoms with Crippen molar-refractivity contribution in [1.82, 2.24) is 15.0 Å². The van der Waals surface area contributed by atoms with Gasteiger partial charge in [-0.3, -0.25) is 5.43 Å². The molecule has 0 saturated heterocycles. The number of nitrogens with two attached hydrogens (primary N) is 1. The highest BCUT2D eigenvalue weighted by molar-refractivity contribution is 5.35. The summed E-state index contributed by atoms with van der Waals surface area (Å²) >= 11 is 0. The molecule has 0 radical (unpaired) electrons. The summed E-state index contributed by atoms with van der Waals surface area (Å²) in [5.41, 5.74) is 2.38. The Morgan fingerprint density at radius 3 is 2.68 bits per heavy atom. The van der Waals surface area contributed by atoms with Crippen LogP contribution in [0.2, 0.25) is 0 Å². The zero-order chi connectivity index (χ0) is 13.7. The Bertz CT molecular complexity index is 410. The van der Waals surface area contributed by atoms with Gasteiger partial charge in [0, 0.05) is 6.54 Å². The first kappa shape index (κ1) is 13.8. The van der Waals surface area contributed by atoms with Gasteiger partial charge in [0.2, 0.25) is 11.9 Å². The van der Waals surface area contributed by atoms with Crippen LogP contribution in [0.25, 0.3) is 0 Å². The molecule has 8 nitrogen and oxygen atoms in total. The second-order valence-electron chi connectivity index (χ2n) is 4.63. The molecule has 106 valence electrons. The summed E-state index contributed by atoms with van der Waals surface area (Å²) in [4.78, 5) is 12.3. The molecular weight excluding hydrogens is 248 g/mol. The van der Waals surface area contributed by atoms with Crippen molar-refractivity contribution >= 4 is 11.9 Å². The molecule has 19 heavy (non-hydrogen) atoms. The van der Waals surface area contributed by atoms with Crippen molar-refractivity contribution in [2.45, 2.75) is 32.3 Å². The number of aliphatic hydroxyl groups is 1. The van der Waals surface area contributed by atoms with E-state index in [1.54, 1.807) is 0 Å². The summed E-state index contributed by atoms with van der Waals surface area (Å²) in [5, 5.41) is 12.3. The Morgan fingerprint density at radius 2 is 2.05 bits per heavy atom. The molecule has 0 bridgehead atoms. The van der Waals surface area contributed by atoms with Crippen LogP contribution in [-0.4, -0.2) is 39.3 Å². The Hall–Kier alpha value is -1.67. The van der Waals surface area contributed by atoms with Crippen molar-refractivity contribution in [2.75, 3.05) is 23.9 Å². The number of nitrogen functional groups attached to an aromatic ring is 1. The van der Waals surface area contributed by atoms with Crippen LogP contribution >= 0.6 is 0 Å². The monoisotopic (exact) mass is 268 g/mol. The van der Waals surface area contributed by atoms with Gasteiger partial charge in [0.25, 0.3) is 0 Å². The number of hydrogen-bond donors (Lipinski definition) is 4. The summed E-state index contributed by atoms with van der Waals surface area (Å²) in [6, 6.07) is 0.251. The van der Waals surface area contributed by atoms with Crippen LogP contribution < -0.4 is 21.3 Å². The lowest BCUT2D eigenvalue weighted by Crippen LogP contribution is -2.33. The van der Waals surface area contributed by atoms with E-state index >= 15 is 0 Å². The van der Waals surface area contributed by atoms with E-state index in [0.29, 0.717) is 18.5 Å². The largest absolute Gasteiger partial charge is 0.463 e. The number of aromatic nitrogens is 3. The van der Waals surface area contributed by atoms with E-state index in [2.05, 4.69) is 25.7 Å². The number of hydrogen-bond acceptors (Lipinski definition) is 8. The van der Waals surface area contributed by atoms with Crippen molar-refractivity contribution < 1.29 is 9.84 Å². The predicted octanol–water partition coefficient (Wildman–Crippen LogP) is 0.129. The maximum Gasteiger partial charge on any atom is 0.323 e. The van der Waals surface area contributed by atoms with E-state index in [1.807, 2.05) is 6.92 Å². The number of nitrogens with one attached hydrogen (secondary N) is 2. The molecule has 0 aliphatic heterocycles. The standard InChI is InChI=1S/C11H20N6O2/c1-2-3-19-11-15-9(14-10(16-11)17-12)13-6-7-4-8(18)5-7/h7-8,18H,2-6,12H2,1H3,(H2,13,14,15,16,17). The highest BCUT2D eigenvalue weighted by Crippen LogP contribution is 2.27. The van der Waals surface area contributed by atoms with Crippen molar-refractivity contribution in [3.8, 4) is 6.01 Å². The minimum atomic E-state index is -0.158. The molecule has 1 aromatic heterocycles. The number of rotatable bonds is 7. The second kappa shape index (κ2) is 6.48. The summed E-state index contributed by atoms with van der Waals surface area (Å²) < 4.78 is 5.36. The lowest BCUT2D eigenvalue weighted by atomic mass is 9.82. The number of hydrazine groups is 1. The topological polar surface area (TPSA) is 118 Å². The fourth-order valence-electron chi connectivity index (χ4n) is 1.86. The third kappa shape index (κ3) is 3.90. The van der Waals surface area contributed by atoms with Gasteiger partial charge < -0.3 is 15.2 Å². The molecule has 0 unspecified atom stereocenters. The fraction of sp³-hybridized carbons (Fsp3) is 0.727. The van der Waals surface area contributed by atoms with Crippen LogP contribution in [0.4, 0.5) is 11.9 Å². The van der Waals surface area contributed by atoms with Crippen molar-refractivity contribution in [3.63, 3.8) is 0 Å². The molecule has 5 N–H and O–H groups in total. The highest BCUT2D eigenvalue weighted by atomic mass is 16.5. The first-order valence-electron chi connectivity index (χ1n) is 6.48. The lowest BCUT2D eigenvalue weighted by Gasteiger charge is -2.31. The van der Waals surface area contributed by atoms with Crippen LogP contribution in [0.5, 0.6) is 6.01 Å². The minimum absolute atomic E-state index is 0.158. The van der Waals surface area contributed by atoms with Crippen molar-refractivity contribution in [2.24, 2.45) is 11.8 Å². The van der Waals surface area contributed by atoms with Gasteiger partial charge in [0.05, 0.1) is 12.7 Å². The quantitative estimate of drug-likeness (QED) is 0.407. The smallest absolute Gasteiger partial charge is 0.323 e. The van der Waals surface area contributed by atoms with Gasteiger partial charge >= 0.3 is 6.01 Å². The molecule has 1 aliphatic rings. The number of ether oxygens (including phenoxy) is 1. The Morgan fingerprint density at radius 1 is 1.32 bits per heavy atom. The molecule has 0 amide bonds. The second-order valence-corrected chi connectivity index (χ2v) is 4.63. The van der Waals surface area contributed by atoms with Gasteiger partial charge in [-0.2, -0.15) is 15.0 Å². The van der Waals surface area contributed by atoms with Crippen LogP contribution in [0.1, 0.15) is 26.2 Å². The molecule has 0 spiro atoms. The van der Waals surface area contributed by atoms with Crippen molar-refractivity contribution in [3.05, 3.63) is 0 Å². The Kier molecular flexibility index (Phi) is 4.69. The zero-order valence-corrected chi connectivity index (χ0v) is 11.0. The van der Waals surface area contributed by atoms with Gasteiger partial charge in [0.15, 0.2) is 0 Å². The summed E-state index contributed by atoms with van der Waals surface area (Å²) in [6.45, 7) is 3.27. The van der Waals surface area contributed by atoms with Crippen molar-refractivity contribution in [1.29, 1.82) is 0 Å². The summed E-state index contributed by atoms with van der Waals surface area (Å²) in [5.74, 6) is 6.46. The van der Waals surface area contributed by atoms with E-state index in [0.717, 1.165) is 25.8 Å². The SMILES string of the molecule is CCCOc1nc(NN)nc(NCC2CC(O)C2)n1. The average Bonchev–Trinajstić information content (AvgIpc) is 2.39. The summed E-state index contributed by atoms with van der Waals surface area (Å²) in [7, 11) is 0. The van der Waals surface area contributed by atoms with Gasteiger partial charge in [-0.15, -0.1) is 0 Å². The number of anilines is 2. The van der Waals surface area contributed by atoms with E-state index in [4.69, 9.17) is 10.6 Å². The Balaban J connectivity index is 1.93. The van der Waals surface area contributed by atoms with Gasteiger partial charge in [0.1, 0.15) is 0 Å². The maximum absolute atomic E-state index is 9.22. The maximum atomic E-state index is 9.22. The third-order valence-corrected chi connectivity index (χ3v) is 2.94. The Labute approximate surface area is 111 Å². The molecule has 1 heterocycles. The molecule has 1 aromatic rings. The summed E-state index contributed by atoms with van der Waals surface area (Å²) in [6.07, 6.45) is 2.35. The third-order valence-electron chi connectivity index (χ3n) is 2.94. The number of nitrogens with zero attached hydrogens (tertiary/aromatic N) is 3. The predicted molar refractivity (Wildman–Crippen MR) is 70.6 cm³/mol. The van der Waals surface area contributed by atoms with Crippen LogP contribution in [-0.2, 0) is 0 Å².